The quantitative estimate of drug-likeness (QED) is 0.547. The van der Waals surface area contributed by atoms with E-state index in [9.17, 15) is 13.9 Å². The highest BCUT2D eigenvalue weighted by Gasteiger charge is 2.29. The molecule has 4 rings (SSSR count). The van der Waals surface area contributed by atoms with Crippen LogP contribution in [0, 0.1) is 0 Å². The lowest BCUT2D eigenvalue weighted by Crippen LogP contribution is -2.32. The van der Waals surface area contributed by atoms with Crippen LogP contribution in [0.4, 0.5) is 5.82 Å². The van der Waals surface area contributed by atoms with Crippen molar-refractivity contribution in [3.05, 3.63) is 28.8 Å². The van der Waals surface area contributed by atoms with E-state index >= 15 is 0 Å². The van der Waals surface area contributed by atoms with Crippen LogP contribution in [0.5, 0.6) is 0 Å². The zero-order chi connectivity index (χ0) is 17.8. The molecule has 0 bridgehead atoms. The second-order valence-corrected chi connectivity index (χ2v) is 8.80. The Kier molecular flexibility index (Phi) is 3.63. The first-order valence-corrected chi connectivity index (χ1v) is 9.86. The molecule has 0 spiro atoms. The predicted molar refractivity (Wildman–Crippen MR) is 97.8 cm³/mol. The van der Waals surface area contributed by atoms with Gasteiger partial charge in [0.15, 0.2) is 5.82 Å². The molecule has 0 radical (unpaired) electrons. The number of hydrogen-bond acceptors (Lipinski definition) is 6. The summed E-state index contributed by atoms with van der Waals surface area (Å²) in [6.45, 7) is 0. The number of aryl methyl sites for hydroxylation is 1. The number of nitrogens with zero attached hydrogens (tertiary/aromatic N) is 4. The number of nitrogens with one attached hydrogen (secondary N) is 1. The third-order valence-electron chi connectivity index (χ3n) is 4.63. The highest BCUT2D eigenvalue weighted by molar-refractivity contribution is 8.24. The second kappa shape index (κ2) is 5.61. The highest BCUT2D eigenvalue weighted by atomic mass is 32.3. The number of H-pyrrole nitrogens is 1. The monoisotopic (exact) mass is 364 g/mol. The van der Waals surface area contributed by atoms with Crippen molar-refractivity contribution in [3.8, 4) is 11.3 Å². The summed E-state index contributed by atoms with van der Waals surface area (Å²) in [7, 11) is -0.840. The molecule has 1 aliphatic rings. The SMILES string of the molecule is Cn1ccc(-c2cn(C3CCCS(O)(O)C3)c(=O)c3c(N)n[nH]c23)n1. The fourth-order valence-corrected chi connectivity index (χ4v) is 5.17. The van der Waals surface area contributed by atoms with Crippen LogP contribution in [0.1, 0.15) is 18.9 Å². The Morgan fingerprint density at radius 1 is 1.44 bits per heavy atom. The number of pyridine rings is 1. The van der Waals surface area contributed by atoms with Gasteiger partial charge in [0.05, 0.1) is 23.0 Å². The molecule has 3 aromatic rings. The number of nitrogens with two attached hydrogens (primary N) is 1. The van der Waals surface area contributed by atoms with E-state index in [0.29, 0.717) is 40.8 Å². The Bertz CT molecular complexity index is 1000. The van der Waals surface area contributed by atoms with E-state index in [1.165, 1.54) is 0 Å². The lowest BCUT2D eigenvalue weighted by atomic mass is 10.1. The highest BCUT2D eigenvalue weighted by Crippen LogP contribution is 2.47. The summed E-state index contributed by atoms with van der Waals surface area (Å²) in [6, 6.07) is 1.56. The first-order valence-electron chi connectivity index (χ1n) is 7.98. The average Bonchev–Trinajstić information content (AvgIpc) is 3.14. The average molecular weight is 364 g/mol. The van der Waals surface area contributed by atoms with E-state index in [1.54, 1.807) is 15.4 Å². The minimum atomic E-state index is -2.65. The number of fused-ring (bicyclic) bond motifs is 1. The largest absolute Gasteiger partial charge is 0.382 e. The Balaban J connectivity index is 1.94. The van der Waals surface area contributed by atoms with E-state index < -0.39 is 10.6 Å². The molecule has 1 saturated heterocycles. The Hall–Kier alpha value is -2.30. The van der Waals surface area contributed by atoms with Crippen LogP contribution >= 0.6 is 10.6 Å². The molecule has 3 aromatic heterocycles. The van der Waals surface area contributed by atoms with Crippen molar-refractivity contribution >= 4 is 27.3 Å². The van der Waals surface area contributed by atoms with Gasteiger partial charge in [0, 0.05) is 30.8 Å². The molecule has 0 aliphatic carbocycles. The third kappa shape index (κ3) is 2.71. The van der Waals surface area contributed by atoms with Crippen molar-refractivity contribution in [3.63, 3.8) is 0 Å². The maximum atomic E-state index is 13.0. The maximum Gasteiger partial charge on any atom is 0.264 e. The van der Waals surface area contributed by atoms with Crippen LogP contribution in [0.25, 0.3) is 22.2 Å². The fourth-order valence-electron chi connectivity index (χ4n) is 3.43. The Labute approximate surface area is 144 Å². The molecule has 10 heteroatoms. The zero-order valence-corrected chi connectivity index (χ0v) is 14.5. The second-order valence-electron chi connectivity index (χ2n) is 6.46. The van der Waals surface area contributed by atoms with Gasteiger partial charge >= 0.3 is 0 Å². The van der Waals surface area contributed by atoms with E-state index in [-0.39, 0.29) is 23.2 Å². The van der Waals surface area contributed by atoms with Crippen molar-refractivity contribution in [2.45, 2.75) is 18.9 Å². The van der Waals surface area contributed by atoms with Gasteiger partial charge in [-0.2, -0.15) is 20.8 Å². The minimum Gasteiger partial charge on any atom is -0.382 e. The number of rotatable bonds is 2. The minimum absolute atomic E-state index is 0.133. The van der Waals surface area contributed by atoms with Crippen LogP contribution in [-0.2, 0) is 7.05 Å². The molecule has 9 nitrogen and oxygen atoms in total. The standard InChI is InChI=1S/C15H20N6O3S/c1-20-5-4-11(19-20)10-7-21(9-3-2-6-25(23,24)8-9)15(22)12-13(10)17-18-14(12)16/h4-5,7,9,23-24H,2-3,6,8H2,1H3,(H3,16,17,18). The van der Waals surface area contributed by atoms with Crippen LogP contribution in [0.2, 0.25) is 0 Å². The van der Waals surface area contributed by atoms with Crippen LogP contribution in [0.15, 0.2) is 23.3 Å². The number of nitrogen functional groups attached to an aromatic ring is 1. The number of aromatic nitrogens is 5. The van der Waals surface area contributed by atoms with E-state index in [1.807, 2.05) is 19.3 Å². The lowest BCUT2D eigenvalue weighted by molar-refractivity contribution is 0.414. The van der Waals surface area contributed by atoms with Gasteiger partial charge in [-0.3, -0.25) is 23.7 Å². The normalized spacial score (nSPS) is 21.5. The van der Waals surface area contributed by atoms with Crippen molar-refractivity contribution in [2.75, 3.05) is 17.2 Å². The fraction of sp³-hybridized carbons (Fsp3) is 0.400. The summed E-state index contributed by atoms with van der Waals surface area (Å²) in [4.78, 5) is 13.0. The molecule has 0 aromatic carbocycles. The number of hydrogen-bond donors (Lipinski definition) is 4. The molecule has 1 fully saturated rings. The molecule has 1 atom stereocenters. The van der Waals surface area contributed by atoms with Gasteiger partial charge < -0.3 is 10.3 Å². The molecule has 0 saturated carbocycles. The van der Waals surface area contributed by atoms with E-state index in [4.69, 9.17) is 5.73 Å². The summed E-state index contributed by atoms with van der Waals surface area (Å²) in [5, 5.41) is 11.5. The first-order chi connectivity index (χ1) is 11.9. The summed E-state index contributed by atoms with van der Waals surface area (Å²) >= 11 is 0. The van der Waals surface area contributed by atoms with Gasteiger partial charge in [0.1, 0.15) is 5.39 Å². The smallest absolute Gasteiger partial charge is 0.264 e. The van der Waals surface area contributed by atoms with Gasteiger partial charge in [0.2, 0.25) is 0 Å². The molecule has 4 heterocycles. The van der Waals surface area contributed by atoms with Gasteiger partial charge in [-0.1, -0.05) is 0 Å². The van der Waals surface area contributed by atoms with Crippen molar-refractivity contribution in [1.82, 2.24) is 24.5 Å². The lowest BCUT2D eigenvalue weighted by Gasteiger charge is -2.40. The third-order valence-corrected chi connectivity index (χ3v) is 6.49. The number of aromatic amines is 1. The molecular formula is C15H20N6O3S. The molecule has 134 valence electrons. The topological polar surface area (TPSA) is 135 Å². The van der Waals surface area contributed by atoms with Crippen LogP contribution in [-0.4, -0.2) is 45.2 Å². The number of anilines is 1. The van der Waals surface area contributed by atoms with Gasteiger partial charge in [0.25, 0.3) is 5.56 Å². The Morgan fingerprint density at radius 2 is 2.24 bits per heavy atom. The molecule has 0 amide bonds. The van der Waals surface area contributed by atoms with Gasteiger partial charge in [-0.25, -0.2) is 0 Å². The predicted octanol–water partition coefficient (Wildman–Crippen LogP) is 1.79. The Morgan fingerprint density at radius 3 is 2.92 bits per heavy atom. The summed E-state index contributed by atoms with van der Waals surface area (Å²) in [5.41, 5.74) is 7.57. The molecule has 1 aliphatic heterocycles. The van der Waals surface area contributed by atoms with Crippen LogP contribution in [0.3, 0.4) is 0 Å². The molecule has 1 unspecified atom stereocenters. The van der Waals surface area contributed by atoms with Gasteiger partial charge in [-0.15, -0.1) is 0 Å². The van der Waals surface area contributed by atoms with Crippen LogP contribution < -0.4 is 11.3 Å². The first kappa shape index (κ1) is 16.2. The van der Waals surface area contributed by atoms with E-state index in [2.05, 4.69) is 15.3 Å². The van der Waals surface area contributed by atoms with E-state index in [0.717, 1.165) is 0 Å². The van der Waals surface area contributed by atoms with Crippen molar-refractivity contribution in [2.24, 2.45) is 7.05 Å². The van der Waals surface area contributed by atoms with Gasteiger partial charge in [-0.05, 0) is 18.9 Å². The zero-order valence-electron chi connectivity index (χ0n) is 13.7. The maximum absolute atomic E-state index is 13.0. The van der Waals surface area contributed by atoms with Crippen molar-refractivity contribution in [1.29, 1.82) is 0 Å². The molecule has 5 N–H and O–H groups in total. The molecular weight excluding hydrogens is 344 g/mol. The molecule has 25 heavy (non-hydrogen) atoms. The summed E-state index contributed by atoms with van der Waals surface area (Å²) < 4.78 is 23.4. The van der Waals surface area contributed by atoms with Crippen molar-refractivity contribution < 1.29 is 9.11 Å². The summed E-state index contributed by atoms with van der Waals surface area (Å²) in [5.74, 6) is 0.702. The summed E-state index contributed by atoms with van der Waals surface area (Å²) in [6.07, 6.45) is 4.90.